The fourth-order valence-corrected chi connectivity index (χ4v) is 1.60. The fourth-order valence-electron chi connectivity index (χ4n) is 1.60. The minimum Gasteiger partial charge on any atom is -0.364 e. The van der Waals surface area contributed by atoms with Gasteiger partial charge in [0.05, 0.1) is 6.20 Å². The number of halogens is 1. The third kappa shape index (κ3) is 3.88. The van der Waals surface area contributed by atoms with Gasteiger partial charge in [-0.2, -0.15) is 10.1 Å². The summed E-state index contributed by atoms with van der Waals surface area (Å²) in [6.07, 6.45) is 2.48. The molecule has 0 saturated heterocycles. The largest absolute Gasteiger partial charge is 0.364 e. The third-order valence-electron chi connectivity index (χ3n) is 2.96. The Morgan fingerprint density at radius 3 is 2.85 bits per heavy atom. The molecule has 0 fully saturated rings. The minimum atomic E-state index is -0.236. The highest BCUT2D eigenvalue weighted by molar-refractivity contribution is 5.38. The molecule has 0 saturated carbocycles. The number of benzene rings is 1. The van der Waals surface area contributed by atoms with Gasteiger partial charge in [-0.15, -0.1) is 5.10 Å². The first-order chi connectivity index (χ1) is 9.69. The Balaban J connectivity index is 2.00. The first-order valence-electron chi connectivity index (χ1n) is 6.62. The molecule has 1 unspecified atom stereocenters. The molecule has 5 nitrogen and oxygen atoms in total. The second-order valence-electron chi connectivity index (χ2n) is 4.56. The van der Waals surface area contributed by atoms with Crippen LogP contribution in [0.25, 0.3) is 0 Å². The molecule has 6 heteroatoms. The number of nitrogens with zero attached hydrogens (tertiary/aromatic N) is 3. The Morgan fingerprint density at radius 1 is 1.30 bits per heavy atom. The van der Waals surface area contributed by atoms with E-state index in [1.165, 1.54) is 12.3 Å². The monoisotopic (exact) mass is 275 g/mol. The van der Waals surface area contributed by atoms with Crippen LogP contribution in [0.2, 0.25) is 0 Å². The summed E-state index contributed by atoms with van der Waals surface area (Å²) in [5.41, 5.74) is 0.586. The van der Waals surface area contributed by atoms with Gasteiger partial charge in [0.25, 0.3) is 0 Å². The van der Waals surface area contributed by atoms with Gasteiger partial charge >= 0.3 is 0 Å². The van der Waals surface area contributed by atoms with Gasteiger partial charge in [0.15, 0.2) is 5.82 Å². The SMILES string of the molecule is CCC(C)Nc1nncc(NCc2ccccc2F)n1. The summed E-state index contributed by atoms with van der Waals surface area (Å²) in [6.45, 7) is 4.47. The van der Waals surface area contributed by atoms with Gasteiger partial charge in [-0.05, 0) is 19.4 Å². The zero-order chi connectivity index (χ0) is 14.4. The van der Waals surface area contributed by atoms with Crippen molar-refractivity contribution in [3.05, 3.63) is 41.8 Å². The van der Waals surface area contributed by atoms with E-state index in [0.717, 1.165) is 6.42 Å². The van der Waals surface area contributed by atoms with Gasteiger partial charge < -0.3 is 10.6 Å². The molecule has 0 amide bonds. The number of aromatic nitrogens is 3. The molecule has 0 aliphatic carbocycles. The summed E-state index contributed by atoms with van der Waals surface area (Å²) in [5, 5.41) is 14.0. The van der Waals surface area contributed by atoms with Crippen molar-refractivity contribution >= 4 is 11.8 Å². The van der Waals surface area contributed by atoms with Crippen LogP contribution < -0.4 is 10.6 Å². The summed E-state index contributed by atoms with van der Waals surface area (Å²) in [4.78, 5) is 4.29. The van der Waals surface area contributed by atoms with Crippen LogP contribution in [0.3, 0.4) is 0 Å². The predicted molar refractivity (Wildman–Crippen MR) is 76.9 cm³/mol. The van der Waals surface area contributed by atoms with Crippen LogP contribution in [0.1, 0.15) is 25.8 Å². The van der Waals surface area contributed by atoms with Crippen molar-refractivity contribution in [2.45, 2.75) is 32.9 Å². The van der Waals surface area contributed by atoms with E-state index in [9.17, 15) is 4.39 Å². The second kappa shape index (κ2) is 6.79. The predicted octanol–water partition coefficient (Wildman–Crippen LogP) is 2.83. The zero-order valence-corrected chi connectivity index (χ0v) is 11.6. The van der Waals surface area contributed by atoms with Gasteiger partial charge in [0.2, 0.25) is 5.95 Å². The van der Waals surface area contributed by atoms with Crippen molar-refractivity contribution < 1.29 is 4.39 Å². The normalized spacial score (nSPS) is 11.9. The number of rotatable bonds is 6. The molecule has 0 spiro atoms. The number of nitrogens with one attached hydrogen (secondary N) is 2. The lowest BCUT2D eigenvalue weighted by molar-refractivity contribution is 0.613. The highest BCUT2D eigenvalue weighted by Gasteiger charge is 2.05. The van der Waals surface area contributed by atoms with Gasteiger partial charge in [0.1, 0.15) is 5.82 Å². The molecule has 0 aliphatic heterocycles. The van der Waals surface area contributed by atoms with Crippen molar-refractivity contribution in [1.29, 1.82) is 0 Å². The van der Waals surface area contributed by atoms with E-state index in [1.54, 1.807) is 18.2 Å². The average molecular weight is 275 g/mol. The smallest absolute Gasteiger partial charge is 0.244 e. The summed E-state index contributed by atoms with van der Waals surface area (Å²) in [5.74, 6) is 0.798. The van der Waals surface area contributed by atoms with Crippen LogP contribution in [0.15, 0.2) is 30.5 Å². The Kier molecular flexibility index (Phi) is 4.81. The summed E-state index contributed by atoms with van der Waals surface area (Å²) >= 11 is 0. The zero-order valence-electron chi connectivity index (χ0n) is 11.6. The molecule has 0 aliphatic rings. The molecule has 0 radical (unpaired) electrons. The molecule has 0 bridgehead atoms. The summed E-state index contributed by atoms with van der Waals surface area (Å²) < 4.78 is 13.5. The van der Waals surface area contributed by atoms with E-state index in [-0.39, 0.29) is 11.9 Å². The Bertz CT molecular complexity index is 561. The van der Waals surface area contributed by atoms with E-state index < -0.39 is 0 Å². The number of hydrogen-bond acceptors (Lipinski definition) is 5. The standard InChI is InChI=1S/C14H18FN5/c1-3-10(2)18-14-19-13(9-17-20-14)16-8-11-6-4-5-7-12(11)15/h4-7,9-10H,3,8H2,1-2H3,(H2,16,18,19,20). The lowest BCUT2D eigenvalue weighted by atomic mass is 10.2. The Labute approximate surface area is 117 Å². The van der Waals surface area contributed by atoms with Gasteiger partial charge in [-0.25, -0.2) is 4.39 Å². The summed E-state index contributed by atoms with van der Waals surface area (Å²) in [7, 11) is 0. The molecule has 2 N–H and O–H groups in total. The quantitative estimate of drug-likeness (QED) is 0.848. The third-order valence-corrected chi connectivity index (χ3v) is 2.96. The van der Waals surface area contributed by atoms with Crippen molar-refractivity contribution in [2.24, 2.45) is 0 Å². The first kappa shape index (κ1) is 14.2. The molecular formula is C14H18FN5. The minimum absolute atomic E-state index is 0.236. The van der Waals surface area contributed by atoms with Crippen molar-refractivity contribution in [3.8, 4) is 0 Å². The highest BCUT2D eigenvalue weighted by atomic mass is 19.1. The second-order valence-corrected chi connectivity index (χ2v) is 4.56. The maximum atomic E-state index is 13.5. The van der Waals surface area contributed by atoms with Crippen LogP contribution in [-0.2, 0) is 6.54 Å². The van der Waals surface area contributed by atoms with E-state index in [4.69, 9.17) is 0 Å². The molecule has 20 heavy (non-hydrogen) atoms. The topological polar surface area (TPSA) is 62.7 Å². The fraction of sp³-hybridized carbons (Fsp3) is 0.357. The van der Waals surface area contributed by atoms with Crippen LogP contribution >= 0.6 is 0 Å². The molecule has 106 valence electrons. The van der Waals surface area contributed by atoms with Crippen molar-refractivity contribution in [1.82, 2.24) is 15.2 Å². The molecule has 2 aromatic rings. The average Bonchev–Trinajstić information content (AvgIpc) is 2.47. The molecular weight excluding hydrogens is 257 g/mol. The molecule has 1 aromatic heterocycles. The maximum absolute atomic E-state index is 13.5. The highest BCUT2D eigenvalue weighted by Crippen LogP contribution is 2.10. The lowest BCUT2D eigenvalue weighted by Gasteiger charge is -2.11. The number of hydrogen-bond donors (Lipinski definition) is 2. The molecule has 1 heterocycles. The Hall–Kier alpha value is -2.24. The lowest BCUT2D eigenvalue weighted by Crippen LogP contribution is -2.16. The van der Waals surface area contributed by atoms with Gasteiger partial charge in [-0.3, -0.25) is 0 Å². The van der Waals surface area contributed by atoms with E-state index in [0.29, 0.717) is 23.9 Å². The van der Waals surface area contributed by atoms with Crippen molar-refractivity contribution in [3.63, 3.8) is 0 Å². The van der Waals surface area contributed by atoms with E-state index in [2.05, 4.69) is 32.7 Å². The van der Waals surface area contributed by atoms with Crippen LogP contribution in [-0.4, -0.2) is 21.2 Å². The van der Waals surface area contributed by atoms with Crippen LogP contribution in [0, 0.1) is 5.82 Å². The van der Waals surface area contributed by atoms with Gasteiger partial charge in [-0.1, -0.05) is 25.1 Å². The van der Waals surface area contributed by atoms with Gasteiger partial charge in [0, 0.05) is 18.2 Å². The van der Waals surface area contributed by atoms with Crippen LogP contribution in [0.4, 0.5) is 16.2 Å². The van der Waals surface area contributed by atoms with E-state index >= 15 is 0 Å². The molecule has 1 atom stereocenters. The molecule has 2 rings (SSSR count). The van der Waals surface area contributed by atoms with Crippen molar-refractivity contribution in [2.75, 3.05) is 10.6 Å². The summed E-state index contributed by atoms with van der Waals surface area (Å²) in [6, 6.07) is 6.91. The van der Waals surface area contributed by atoms with Crippen LogP contribution in [0.5, 0.6) is 0 Å². The number of anilines is 2. The first-order valence-corrected chi connectivity index (χ1v) is 6.62. The maximum Gasteiger partial charge on any atom is 0.244 e. The molecule has 1 aromatic carbocycles. The van der Waals surface area contributed by atoms with E-state index in [1.807, 2.05) is 6.92 Å². The Morgan fingerprint density at radius 2 is 2.10 bits per heavy atom.